The molecule has 2 aromatic carbocycles. The third-order valence-corrected chi connectivity index (χ3v) is 10.9. The number of nitriles is 1. The number of cyclic esters (lactones) is 1. The number of ether oxygens (including phenoxy) is 4. The van der Waals surface area contributed by atoms with Gasteiger partial charge in [-0.3, -0.25) is 14.6 Å². The molecule has 1 unspecified atom stereocenters. The second kappa shape index (κ2) is 10.9. The Bertz CT molecular complexity index is 1530. The summed E-state index contributed by atoms with van der Waals surface area (Å²) in [5.74, 6) is 1.27. The number of nitrogens with two attached hydrogens (primary N) is 1. The third-order valence-electron chi connectivity index (χ3n) is 9.47. The summed E-state index contributed by atoms with van der Waals surface area (Å²) in [6.07, 6.45) is 0.543. The second-order valence-electron chi connectivity index (χ2n) is 11.4. The van der Waals surface area contributed by atoms with E-state index in [4.69, 9.17) is 24.7 Å². The Hall–Kier alpha value is -1.93. The van der Waals surface area contributed by atoms with E-state index in [1.807, 2.05) is 20.0 Å². The Labute approximate surface area is 283 Å². The van der Waals surface area contributed by atoms with Gasteiger partial charge in [0.1, 0.15) is 24.4 Å². The van der Waals surface area contributed by atoms with Crippen LogP contribution in [-0.2, 0) is 16.0 Å². The minimum absolute atomic E-state index is 0. The number of phenols is 2. The van der Waals surface area contributed by atoms with E-state index < -0.39 is 35.4 Å². The maximum absolute atomic E-state index is 12.8. The molecule has 5 aliphatic rings. The molecule has 4 N–H and O–H groups in total. The van der Waals surface area contributed by atoms with Crippen molar-refractivity contribution in [3.63, 3.8) is 0 Å². The van der Waals surface area contributed by atoms with Crippen LogP contribution in [0.3, 0.4) is 0 Å². The largest absolute Gasteiger partial charge is 0.507 e. The molecule has 5 heterocycles. The van der Waals surface area contributed by atoms with Crippen LogP contribution < -0.4 is 19.9 Å². The number of piperazine rings is 1. The van der Waals surface area contributed by atoms with Crippen LogP contribution in [0.2, 0.25) is 0 Å². The van der Waals surface area contributed by atoms with Crippen LogP contribution in [-0.4, -0.2) is 83.5 Å². The first-order valence-corrected chi connectivity index (χ1v) is 14.7. The summed E-state index contributed by atoms with van der Waals surface area (Å²) in [5, 5.41) is 33.7. The Morgan fingerprint density at radius 2 is 1.88 bits per heavy atom. The second-order valence-corrected chi connectivity index (χ2v) is 12.6. The number of methoxy groups -OCH3 is 1. The van der Waals surface area contributed by atoms with E-state index >= 15 is 0 Å². The van der Waals surface area contributed by atoms with Crippen molar-refractivity contribution in [1.29, 1.82) is 5.26 Å². The molecule has 1 radical (unpaired) electrons. The zero-order valence-corrected chi connectivity index (χ0v) is 29.3. The number of rotatable bonds is 1. The van der Waals surface area contributed by atoms with Gasteiger partial charge in [0.2, 0.25) is 6.79 Å². The van der Waals surface area contributed by atoms with Crippen LogP contribution in [0.5, 0.6) is 28.7 Å². The molecule has 42 heavy (non-hydrogen) atoms. The number of likely N-dealkylation sites (N-methyl/N-ethyl adjacent to an activating group) is 1. The predicted molar refractivity (Wildman–Crippen MR) is 148 cm³/mol. The van der Waals surface area contributed by atoms with Crippen molar-refractivity contribution in [1.82, 2.24) is 9.80 Å². The van der Waals surface area contributed by atoms with E-state index in [0.29, 0.717) is 40.4 Å². The number of nitrogens with zero attached hydrogens (tertiary/aromatic N) is 3. The molecular weight excluding hydrogens is 775 g/mol. The van der Waals surface area contributed by atoms with E-state index in [-0.39, 0.29) is 86.8 Å². The number of benzene rings is 2. The van der Waals surface area contributed by atoms with Crippen molar-refractivity contribution < 1.29 is 78.0 Å². The van der Waals surface area contributed by atoms with E-state index in [0.717, 1.165) is 16.7 Å². The monoisotopic (exact) mass is 807 g/mol. The Morgan fingerprint density at radius 1 is 1.14 bits per heavy atom. The quantitative estimate of drug-likeness (QED) is 0.363. The maximum Gasteiger partial charge on any atom is 0.323 e. The maximum atomic E-state index is 12.8. The summed E-state index contributed by atoms with van der Waals surface area (Å²) < 4.78 is 23.2. The van der Waals surface area contributed by atoms with Gasteiger partial charge in [-0.05, 0) is 38.4 Å². The summed E-state index contributed by atoms with van der Waals surface area (Å²) in [4.78, 5) is 17.1. The smallest absolute Gasteiger partial charge is 0.323 e. The molecule has 13 heteroatoms. The molecule has 2 fully saturated rings. The molecule has 0 saturated carbocycles. The first-order valence-electron chi connectivity index (χ1n) is 13.7. The Balaban J connectivity index is 0.00000316. The molecule has 0 aromatic heterocycles. The predicted octanol–water partition coefficient (Wildman–Crippen LogP) is 2.34. The van der Waals surface area contributed by atoms with Gasteiger partial charge in [-0.1, -0.05) is 6.07 Å². The van der Waals surface area contributed by atoms with Gasteiger partial charge in [-0.15, -0.1) is 11.8 Å². The van der Waals surface area contributed by atoms with Gasteiger partial charge in [-0.2, -0.15) is 5.26 Å². The number of hydrogen-bond donors (Lipinski definition) is 3. The van der Waals surface area contributed by atoms with Crippen molar-refractivity contribution in [3.8, 4) is 34.8 Å². The number of hydrogen-bond acceptors (Lipinski definition) is 12. The summed E-state index contributed by atoms with van der Waals surface area (Å²) in [7, 11) is 3.53. The molecule has 219 valence electrons. The fourth-order valence-corrected chi connectivity index (χ4v) is 9.16. The first-order chi connectivity index (χ1) is 19.7. The van der Waals surface area contributed by atoms with Gasteiger partial charge in [0.15, 0.2) is 23.0 Å². The summed E-state index contributed by atoms with van der Waals surface area (Å²) >= 11 is 1.45. The molecule has 0 aliphatic carbocycles. The average molecular weight is 808 g/mol. The van der Waals surface area contributed by atoms with Crippen LogP contribution in [0.1, 0.15) is 50.7 Å². The zero-order valence-electron chi connectivity index (χ0n) is 23.8. The molecule has 5 aliphatic heterocycles. The van der Waals surface area contributed by atoms with Gasteiger partial charge in [0.25, 0.3) is 0 Å². The molecule has 7 rings (SSSR count). The van der Waals surface area contributed by atoms with Gasteiger partial charge >= 0.3 is 5.97 Å². The fourth-order valence-electron chi connectivity index (χ4n) is 7.72. The number of carbonyl (C=O) groups is 1. The van der Waals surface area contributed by atoms with Gasteiger partial charge in [-0.25, -0.2) is 0 Å². The molecule has 0 amide bonds. The third kappa shape index (κ3) is 4.02. The molecule has 2 saturated heterocycles. The Kier molecular flexibility index (Phi) is 7.82. The number of carbonyl (C=O) groups excluding carboxylic acids is 1. The van der Waals surface area contributed by atoms with Crippen LogP contribution in [0, 0.1) is 69.2 Å². The SMILES string of the molecule is COc1c(C)cc2c(c1O)[C@@H]1C3[C@@H]4SC[C@@H](N)C(=O)OC[C@@H](c5c6c(c(C)c(O)c54)OCO6)N3[C@@H](C#N)[C@H](C2)N1C.[Ac]. The summed E-state index contributed by atoms with van der Waals surface area (Å²) in [6, 6.07) is 1.56. The summed E-state index contributed by atoms with van der Waals surface area (Å²) in [5.41, 5.74) is 10.7. The van der Waals surface area contributed by atoms with Crippen molar-refractivity contribution >= 4 is 17.7 Å². The standard InChI is InChI=1S/C29H32N4O7S.Ac/c1-11-5-13-6-15-16(7-30)33-17-8-38-29(36)14(31)9-41-28(20-19(17)27-26(39-10-40-27)12(2)23(20)34)22(33)21(32(15)3)18(13)24(35)25(11)37-4;/h5,14-17,21-22,28,34-35H,6,8-10,31H2,1-4H3;/t14-,15+,16+,17+,21-,22?,28-;/m1./s1. The average Bonchev–Trinajstić information content (AvgIpc) is 3.44. The molecule has 7 atom stereocenters. The number of aryl methyl sites for hydroxylation is 1. The van der Waals surface area contributed by atoms with Crippen LogP contribution in [0.15, 0.2) is 6.07 Å². The van der Waals surface area contributed by atoms with Crippen molar-refractivity contribution in [3.05, 3.63) is 39.4 Å². The van der Waals surface area contributed by atoms with E-state index in [1.54, 1.807) is 14.0 Å². The van der Waals surface area contributed by atoms with Crippen LogP contribution in [0.25, 0.3) is 0 Å². The number of thioether (sulfide) groups is 1. The topological polar surface area (TPSA) is 151 Å². The normalized spacial score (nSPS) is 31.1. The van der Waals surface area contributed by atoms with Crippen LogP contribution >= 0.6 is 11.8 Å². The first kappa shape index (κ1) is 30.1. The molecular formula is C29H32AcN4O7S. The van der Waals surface area contributed by atoms with Crippen LogP contribution in [0.4, 0.5) is 0 Å². The van der Waals surface area contributed by atoms with E-state index in [1.165, 1.54) is 11.8 Å². The minimum atomic E-state index is -0.857. The number of fused-ring (bicyclic) bond motifs is 9. The molecule has 0 spiro atoms. The van der Waals surface area contributed by atoms with Gasteiger partial charge < -0.3 is 34.9 Å². The zero-order chi connectivity index (χ0) is 28.9. The molecule has 2 aromatic rings. The minimum Gasteiger partial charge on any atom is -0.507 e. The van der Waals surface area contributed by atoms with Gasteiger partial charge in [0, 0.05) is 84.2 Å². The van der Waals surface area contributed by atoms with Crippen molar-refractivity contribution in [2.24, 2.45) is 5.73 Å². The molecule has 11 nitrogen and oxygen atoms in total. The number of aromatic hydroxyl groups is 2. The van der Waals surface area contributed by atoms with Crippen molar-refractivity contribution in [2.75, 3.05) is 33.3 Å². The fraction of sp³-hybridized carbons (Fsp3) is 0.517. The van der Waals surface area contributed by atoms with Gasteiger partial charge in [0.05, 0.1) is 30.5 Å². The summed E-state index contributed by atoms with van der Waals surface area (Å²) in [6.45, 7) is 3.61. The Morgan fingerprint density at radius 3 is 2.60 bits per heavy atom. The number of esters is 1. The van der Waals surface area contributed by atoms with E-state index in [2.05, 4.69) is 15.9 Å². The van der Waals surface area contributed by atoms with E-state index in [9.17, 15) is 20.3 Å². The number of phenolic OH excluding ortho intramolecular Hbond substituents is 2. The van der Waals surface area contributed by atoms with Crippen molar-refractivity contribution in [2.45, 2.75) is 61.8 Å². The molecule has 4 bridgehead atoms.